The lowest BCUT2D eigenvalue weighted by atomic mass is 9.83. The molecule has 0 radical (unpaired) electrons. The highest BCUT2D eigenvalue weighted by Gasteiger charge is 2.20. The van der Waals surface area contributed by atoms with E-state index in [1.165, 1.54) is 12.1 Å². The van der Waals surface area contributed by atoms with E-state index in [2.05, 4.69) is 20.8 Å². The molecule has 0 atom stereocenters. The van der Waals surface area contributed by atoms with Crippen molar-refractivity contribution in [3.8, 4) is 5.75 Å². The van der Waals surface area contributed by atoms with Gasteiger partial charge in [-0.2, -0.15) is 0 Å². The van der Waals surface area contributed by atoms with Crippen LogP contribution >= 0.6 is 0 Å². The number of benzene rings is 1. The number of hydrogen-bond acceptors (Lipinski definition) is 3. The van der Waals surface area contributed by atoms with E-state index in [4.69, 9.17) is 4.42 Å². The number of phenols is 1. The molecule has 0 amide bonds. The topological polar surface area (TPSA) is 50.4 Å². The van der Waals surface area contributed by atoms with Crippen molar-refractivity contribution in [2.75, 3.05) is 0 Å². The highest BCUT2D eigenvalue weighted by atomic mass is 16.4. The van der Waals surface area contributed by atoms with Crippen molar-refractivity contribution in [2.45, 2.75) is 33.1 Å². The van der Waals surface area contributed by atoms with Gasteiger partial charge in [0, 0.05) is 17.5 Å². The quantitative estimate of drug-likeness (QED) is 0.710. The van der Waals surface area contributed by atoms with Gasteiger partial charge in [-0.15, -0.1) is 0 Å². The first kappa shape index (κ1) is 11.7. The van der Waals surface area contributed by atoms with E-state index < -0.39 is 0 Å². The Hall–Kier alpha value is -1.77. The lowest BCUT2D eigenvalue weighted by Gasteiger charge is -2.22. The predicted octanol–water partition coefficient (Wildman–Crippen LogP) is 3.10. The van der Waals surface area contributed by atoms with Crippen LogP contribution in [0.2, 0.25) is 0 Å². The standard InChI is InChI=1S/C14H16O3/c1-8-5-12(16)17-11-7-9(15)6-10(13(8)11)14(2,3)4/h5-7,15H,1-4H3. The lowest BCUT2D eigenvalue weighted by molar-refractivity contribution is 0.468. The van der Waals surface area contributed by atoms with Gasteiger partial charge >= 0.3 is 5.63 Å². The molecular formula is C14H16O3. The van der Waals surface area contributed by atoms with Crippen LogP contribution in [0.3, 0.4) is 0 Å². The SMILES string of the molecule is Cc1cc(=O)oc2cc(O)cc(C(C)(C)C)c12. The van der Waals surface area contributed by atoms with Gasteiger partial charge in [0.05, 0.1) is 0 Å². The summed E-state index contributed by atoms with van der Waals surface area (Å²) < 4.78 is 5.14. The number of aryl methyl sites for hydroxylation is 1. The van der Waals surface area contributed by atoms with Crippen molar-refractivity contribution in [3.05, 3.63) is 39.7 Å². The summed E-state index contributed by atoms with van der Waals surface area (Å²) in [6.45, 7) is 8.06. The average molecular weight is 232 g/mol. The van der Waals surface area contributed by atoms with E-state index in [-0.39, 0.29) is 16.8 Å². The Morgan fingerprint density at radius 2 is 1.82 bits per heavy atom. The molecule has 0 spiro atoms. The third-order valence-electron chi connectivity index (χ3n) is 2.83. The Bertz CT molecular complexity index is 630. The second kappa shape index (κ2) is 3.62. The van der Waals surface area contributed by atoms with Gasteiger partial charge in [0.15, 0.2) is 0 Å². The van der Waals surface area contributed by atoms with Gasteiger partial charge in [-0.1, -0.05) is 20.8 Å². The molecule has 1 heterocycles. The minimum Gasteiger partial charge on any atom is -0.508 e. The monoisotopic (exact) mass is 232 g/mol. The molecule has 0 aliphatic rings. The number of aromatic hydroxyl groups is 1. The Morgan fingerprint density at radius 1 is 1.18 bits per heavy atom. The molecule has 0 unspecified atom stereocenters. The average Bonchev–Trinajstić information content (AvgIpc) is 2.13. The van der Waals surface area contributed by atoms with E-state index >= 15 is 0 Å². The molecule has 0 bridgehead atoms. The van der Waals surface area contributed by atoms with E-state index in [1.54, 1.807) is 6.07 Å². The molecule has 1 aromatic heterocycles. The third-order valence-corrected chi connectivity index (χ3v) is 2.83. The predicted molar refractivity (Wildman–Crippen MR) is 67.6 cm³/mol. The van der Waals surface area contributed by atoms with E-state index in [0.717, 1.165) is 16.5 Å². The normalized spacial score (nSPS) is 12.0. The zero-order valence-electron chi connectivity index (χ0n) is 10.5. The zero-order valence-corrected chi connectivity index (χ0v) is 10.5. The maximum absolute atomic E-state index is 11.3. The molecule has 0 saturated heterocycles. The van der Waals surface area contributed by atoms with Crippen LogP contribution in [0.4, 0.5) is 0 Å². The zero-order chi connectivity index (χ0) is 12.8. The molecule has 0 fully saturated rings. The first-order chi connectivity index (χ1) is 7.79. The van der Waals surface area contributed by atoms with Gasteiger partial charge in [0.2, 0.25) is 0 Å². The Morgan fingerprint density at radius 3 is 2.41 bits per heavy atom. The highest BCUT2D eigenvalue weighted by Crippen LogP contribution is 2.34. The van der Waals surface area contributed by atoms with Gasteiger partial charge in [0.1, 0.15) is 11.3 Å². The summed E-state index contributed by atoms with van der Waals surface area (Å²) in [5, 5.41) is 10.6. The molecule has 0 aliphatic carbocycles. The molecule has 2 aromatic rings. The molecule has 0 saturated carbocycles. The van der Waals surface area contributed by atoms with Gasteiger partial charge in [-0.25, -0.2) is 4.79 Å². The molecule has 0 aliphatic heterocycles. The molecule has 90 valence electrons. The van der Waals surface area contributed by atoms with Crippen molar-refractivity contribution >= 4 is 11.0 Å². The van der Waals surface area contributed by atoms with E-state index in [9.17, 15) is 9.90 Å². The number of fused-ring (bicyclic) bond motifs is 1. The van der Waals surface area contributed by atoms with Crippen molar-refractivity contribution in [2.24, 2.45) is 0 Å². The van der Waals surface area contributed by atoms with Gasteiger partial charge in [-0.3, -0.25) is 0 Å². The molecule has 3 nitrogen and oxygen atoms in total. The second-order valence-electron chi connectivity index (χ2n) is 5.36. The molecule has 17 heavy (non-hydrogen) atoms. The molecule has 3 heteroatoms. The van der Waals surface area contributed by atoms with Crippen LogP contribution in [-0.2, 0) is 5.41 Å². The Labute approximate surface area is 99.7 Å². The fraction of sp³-hybridized carbons (Fsp3) is 0.357. The summed E-state index contributed by atoms with van der Waals surface area (Å²) in [6.07, 6.45) is 0. The highest BCUT2D eigenvalue weighted by molar-refractivity contribution is 5.86. The lowest BCUT2D eigenvalue weighted by Crippen LogP contribution is -2.13. The maximum atomic E-state index is 11.3. The first-order valence-corrected chi connectivity index (χ1v) is 5.57. The van der Waals surface area contributed by atoms with Crippen LogP contribution < -0.4 is 5.63 Å². The number of hydrogen-bond donors (Lipinski definition) is 1. The smallest absolute Gasteiger partial charge is 0.336 e. The summed E-state index contributed by atoms with van der Waals surface area (Å²) in [6, 6.07) is 4.70. The molecule has 1 N–H and O–H groups in total. The largest absolute Gasteiger partial charge is 0.508 e. The van der Waals surface area contributed by atoms with Crippen molar-refractivity contribution in [3.63, 3.8) is 0 Å². The van der Waals surface area contributed by atoms with Crippen LogP contribution in [0.5, 0.6) is 5.75 Å². The number of rotatable bonds is 0. The van der Waals surface area contributed by atoms with Crippen LogP contribution in [0, 0.1) is 6.92 Å². The van der Waals surface area contributed by atoms with Crippen molar-refractivity contribution in [1.82, 2.24) is 0 Å². The van der Waals surface area contributed by atoms with Crippen molar-refractivity contribution < 1.29 is 9.52 Å². The van der Waals surface area contributed by atoms with Crippen molar-refractivity contribution in [1.29, 1.82) is 0 Å². The first-order valence-electron chi connectivity index (χ1n) is 5.57. The van der Waals surface area contributed by atoms with Crippen LogP contribution in [-0.4, -0.2) is 5.11 Å². The fourth-order valence-corrected chi connectivity index (χ4v) is 2.07. The minimum atomic E-state index is -0.388. The summed E-state index contributed by atoms with van der Waals surface area (Å²) in [5.41, 5.74) is 1.79. The molecule has 1 aromatic carbocycles. The maximum Gasteiger partial charge on any atom is 0.336 e. The third kappa shape index (κ3) is 2.05. The van der Waals surface area contributed by atoms with Gasteiger partial charge in [0.25, 0.3) is 0 Å². The van der Waals surface area contributed by atoms with Crippen LogP contribution in [0.15, 0.2) is 27.4 Å². The second-order valence-corrected chi connectivity index (χ2v) is 5.36. The van der Waals surface area contributed by atoms with Gasteiger partial charge in [-0.05, 0) is 29.5 Å². The summed E-state index contributed by atoms with van der Waals surface area (Å²) in [5.74, 6) is 0.121. The Balaban J connectivity index is 2.98. The van der Waals surface area contributed by atoms with Gasteiger partial charge < -0.3 is 9.52 Å². The van der Waals surface area contributed by atoms with Crippen LogP contribution in [0.1, 0.15) is 31.9 Å². The molecular weight excluding hydrogens is 216 g/mol. The Kier molecular flexibility index (Phi) is 2.49. The summed E-state index contributed by atoms with van der Waals surface area (Å²) in [4.78, 5) is 11.3. The summed E-state index contributed by atoms with van der Waals surface area (Å²) >= 11 is 0. The summed E-state index contributed by atoms with van der Waals surface area (Å²) in [7, 11) is 0. The van der Waals surface area contributed by atoms with E-state index in [1.807, 2.05) is 6.92 Å². The van der Waals surface area contributed by atoms with Crippen LogP contribution in [0.25, 0.3) is 11.0 Å². The number of phenolic OH excluding ortho intramolecular Hbond substituents is 1. The molecule has 2 rings (SSSR count). The fourth-order valence-electron chi connectivity index (χ4n) is 2.07. The van der Waals surface area contributed by atoms with E-state index in [0.29, 0.717) is 5.58 Å². The minimum absolute atomic E-state index is 0.121.